The summed E-state index contributed by atoms with van der Waals surface area (Å²) < 4.78 is 7.16. The number of ether oxygens (including phenoxy) is 1. The van der Waals surface area contributed by atoms with Gasteiger partial charge in [-0.25, -0.2) is 4.98 Å². The second-order valence-electron chi connectivity index (χ2n) is 7.05. The molecular weight excluding hydrogens is 396 g/mol. The molecular formula is C23H20N4O2S. The number of para-hydroxylation sites is 1. The maximum atomic E-state index is 11.9. The van der Waals surface area contributed by atoms with Crippen LogP contribution in [0.5, 0.6) is 0 Å². The fourth-order valence-electron chi connectivity index (χ4n) is 3.69. The van der Waals surface area contributed by atoms with Crippen LogP contribution in [0, 0.1) is 0 Å². The third kappa shape index (κ3) is 3.35. The first-order chi connectivity index (χ1) is 14.7. The van der Waals surface area contributed by atoms with E-state index in [0.717, 1.165) is 38.7 Å². The molecule has 3 heterocycles. The van der Waals surface area contributed by atoms with E-state index in [0.29, 0.717) is 19.6 Å². The third-order valence-corrected chi connectivity index (χ3v) is 6.42. The average molecular weight is 417 g/mol. The van der Waals surface area contributed by atoms with Gasteiger partial charge in [-0.2, -0.15) is 0 Å². The minimum Gasteiger partial charge on any atom is -0.465 e. The maximum absolute atomic E-state index is 11.9. The Hall–Kier alpha value is -3.19. The average Bonchev–Trinajstić information content (AvgIpc) is 3.39. The molecule has 0 aliphatic carbocycles. The van der Waals surface area contributed by atoms with E-state index in [1.54, 1.807) is 0 Å². The summed E-state index contributed by atoms with van der Waals surface area (Å²) in [7, 11) is 0. The molecule has 7 heteroatoms. The largest absolute Gasteiger partial charge is 0.465 e. The highest BCUT2D eigenvalue weighted by Crippen LogP contribution is 2.35. The van der Waals surface area contributed by atoms with Gasteiger partial charge in [-0.05, 0) is 19.1 Å². The number of carbonyl (C=O) groups excluding carboxylic acids is 1. The highest BCUT2D eigenvalue weighted by Gasteiger charge is 2.30. The van der Waals surface area contributed by atoms with Crippen LogP contribution in [0.2, 0.25) is 0 Å². The van der Waals surface area contributed by atoms with Gasteiger partial charge in [0.05, 0.1) is 17.8 Å². The molecule has 0 N–H and O–H groups in total. The quantitative estimate of drug-likeness (QED) is 0.443. The zero-order valence-corrected chi connectivity index (χ0v) is 17.3. The summed E-state index contributed by atoms with van der Waals surface area (Å²) in [6.07, 6.45) is 0.700. The molecule has 2 aromatic heterocycles. The van der Waals surface area contributed by atoms with Crippen LogP contribution < -0.4 is 0 Å². The van der Waals surface area contributed by atoms with Crippen molar-refractivity contribution in [3.63, 3.8) is 0 Å². The Kier molecular flexibility index (Phi) is 4.96. The number of benzene rings is 2. The van der Waals surface area contributed by atoms with E-state index in [4.69, 9.17) is 9.72 Å². The summed E-state index contributed by atoms with van der Waals surface area (Å²) >= 11 is 1.43. The predicted octanol–water partition coefficient (Wildman–Crippen LogP) is 4.59. The van der Waals surface area contributed by atoms with Gasteiger partial charge < -0.3 is 9.30 Å². The van der Waals surface area contributed by atoms with Crippen LogP contribution in [0.25, 0.3) is 33.5 Å². The van der Waals surface area contributed by atoms with Gasteiger partial charge in [0.15, 0.2) is 11.0 Å². The molecule has 1 fully saturated rings. The van der Waals surface area contributed by atoms with Crippen LogP contribution in [0.3, 0.4) is 0 Å². The number of aromatic nitrogens is 4. The molecule has 2 aromatic carbocycles. The van der Waals surface area contributed by atoms with E-state index in [1.165, 1.54) is 11.8 Å². The Balaban J connectivity index is 1.65. The molecule has 0 radical (unpaired) electrons. The molecule has 1 aliphatic heterocycles. The number of cyclic esters (lactones) is 1. The van der Waals surface area contributed by atoms with E-state index in [2.05, 4.69) is 46.0 Å². The lowest BCUT2D eigenvalue weighted by molar-refractivity contribution is -0.137. The van der Waals surface area contributed by atoms with Gasteiger partial charge in [-0.3, -0.25) is 4.79 Å². The summed E-state index contributed by atoms with van der Waals surface area (Å²) in [5, 5.41) is 10.5. The minimum atomic E-state index is -0.221. The van der Waals surface area contributed by atoms with Crippen molar-refractivity contribution in [2.45, 2.75) is 30.3 Å². The summed E-state index contributed by atoms with van der Waals surface area (Å²) in [5.74, 6) is 0.607. The summed E-state index contributed by atoms with van der Waals surface area (Å²) in [5.41, 5.74) is 3.83. The number of esters is 1. The van der Waals surface area contributed by atoms with Crippen LogP contribution >= 0.6 is 11.8 Å². The molecule has 30 heavy (non-hydrogen) atoms. The Morgan fingerprint density at radius 3 is 2.67 bits per heavy atom. The van der Waals surface area contributed by atoms with Crippen LogP contribution in [-0.2, 0) is 16.1 Å². The van der Waals surface area contributed by atoms with Crippen LogP contribution in [0.1, 0.15) is 13.3 Å². The molecule has 0 saturated carbocycles. The lowest BCUT2D eigenvalue weighted by atomic mass is 10.0. The second kappa shape index (κ2) is 7.91. The van der Waals surface area contributed by atoms with Gasteiger partial charge in [0.1, 0.15) is 5.25 Å². The molecule has 0 unspecified atom stereocenters. The lowest BCUT2D eigenvalue weighted by Crippen LogP contribution is -2.11. The summed E-state index contributed by atoms with van der Waals surface area (Å²) in [4.78, 5) is 16.8. The van der Waals surface area contributed by atoms with E-state index in [9.17, 15) is 4.79 Å². The van der Waals surface area contributed by atoms with Crippen LogP contribution in [-0.4, -0.2) is 37.6 Å². The highest BCUT2D eigenvalue weighted by atomic mass is 32.2. The van der Waals surface area contributed by atoms with Gasteiger partial charge in [0.2, 0.25) is 0 Å². The van der Waals surface area contributed by atoms with E-state index >= 15 is 0 Å². The number of hydrogen-bond acceptors (Lipinski definition) is 6. The zero-order valence-electron chi connectivity index (χ0n) is 16.5. The van der Waals surface area contributed by atoms with Crippen molar-refractivity contribution in [1.29, 1.82) is 0 Å². The Morgan fingerprint density at radius 2 is 1.90 bits per heavy atom. The first-order valence-corrected chi connectivity index (χ1v) is 10.8. The van der Waals surface area contributed by atoms with Crippen molar-refractivity contribution in [1.82, 2.24) is 19.7 Å². The van der Waals surface area contributed by atoms with Gasteiger partial charge in [-0.15, -0.1) is 10.2 Å². The van der Waals surface area contributed by atoms with Gasteiger partial charge in [-0.1, -0.05) is 60.3 Å². The number of carbonyl (C=O) groups is 1. The Morgan fingerprint density at radius 1 is 1.10 bits per heavy atom. The fourth-order valence-corrected chi connectivity index (χ4v) is 4.75. The van der Waals surface area contributed by atoms with Crippen LogP contribution in [0.15, 0.2) is 65.8 Å². The molecule has 0 bridgehead atoms. The lowest BCUT2D eigenvalue weighted by Gasteiger charge is -2.12. The fraction of sp³-hybridized carbons (Fsp3) is 0.217. The van der Waals surface area contributed by atoms with E-state index in [1.807, 2.05) is 36.4 Å². The molecule has 5 rings (SSSR count). The van der Waals surface area contributed by atoms with Crippen molar-refractivity contribution >= 4 is 28.6 Å². The first kappa shape index (κ1) is 18.8. The molecule has 1 aliphatic rings. The first-order valence-electron chi connectivity index (χ1n) is 9.96. The molecule has 0 amide bonds. The van der Waals surface area contributed by atoms with Crippen molar-refractivity contribution < 1.29 is 9.53 Å². The van der Waals surface area contributed by atoms with Gasteiger partial charge >= 0.3 is 5.97 Å². The van der Waals surface area contributed by atoms with Crippen molar-refractivity contribution in [2.24, 2.45) is 0 Å². The van der Waals surface area contributed by atoms with Crippen molar-refractivity contribution in [3.05, 3.63) is 60.7 Å². The molecule has 6 nitrogen and oxygen atoms in total. The topological polar surface area (TPSA) is 69.9 Å². The number of thioether (sulfide) groups is 1. The minimum absolute atomic E-state index is 0.173. The highest BCUT2D eigenvalue weighted by molar-refractivity contribution is 8.00. The van der Waals surface area contributed by atoms with Crippen LogP contribution in [0.4, 0.5) is 0 Å². The van der Waals surface area contributed by atoms with Crippen molar-refractivity contribution in [2.75, 3.05) is 6.61 Å². The van der Waals surface area contributed by atoms with E-state index < -0.39 is 0 Å². The number of fused-ring (bicyclic) bond motifs is 1. The van der Waals surface area contributed by atoms with E-state index in [-0.39, 0.29) is 11.2 Å². The number of pyridine rings is 1. The SMILES string of the molecule is CCn1c(S[C@H]2CCOC2=O)nnc1-c1cc(-c2ccccc2)nc2ccccc12. The van der Waals surface area contributed by atoms with Gasteiger partial charge in [0, 0.05) is 29.5 Å². The third-order valence-electron chi connectivity index (χ3n) is 5.19. The Bertz CT molecular complexity index is 1220. The monoisotopic (exact) mass is 416 g/mol. The Labute approximate surface area is 178 Å². The molecule has 150 valence electrons. The number of nitrogens with zero attached hydrogens (tertiary/aromatic N) is 4. The predicted molar refractivity (Wildman–Crippen MR) is 117 cm³/mol. The molecule has 0 spiro atoms. The molecule has 1 saturated heterocycles. The molecule has 1 atom stereocenters. The molecule has 4 aromatic rings. The summed E-state index contributed by atoms with van der Waals surface area (Å²) in [6.45, 7) is 3.23. The number of hydrogen-bond donors (Lipinski definition) is 0. The van der Waals surface area contributed by atoms with Gasteiger partial charge in [0.25, 0.3) is 0 Å². The smallest absolute Gasteiger partial charge is 0.319 e. The normalized spacial score (nSPS) is 16.2. The second-order valence-corrected chi connectivity index (χ2v) is 8.22. The number of rotatable bonds is 5. The standard InChI is InChI=1S/C23H20N4O2S/c1-2-27-21(25-26-23(27)30-20-12-13-29-22(20)28)17-14-19(15-8-4-3-5-9-15)24-18-11-7-6-10-16(17)18/h3-11,14,20H,2,12-13H2,1H3/t20-/m0/s1. The maximum Gasteiger partial charge on any atom is 0.319 e. The summed E-state index contributed by atoms with van der Waals surface area (Å²) in [6, 6.07) is 20.3. The van der Waals surface area contributed by atoms with Crippen molar-refractivity contribution in [3.8, 4) is 22.6 Å². The zero-order chi connectivity index (χ0) is 20.5.